The van der Waals surface area contributed by atoms with Gasteiger partial charge in [0, 0.05) is 13.0 Å². The van der Waals surface area contributed by atoms with Crippen molar-refractivity contribution in [2.24, 2.45) is 0 Å². The van der Waals surface area contributed by atoms with E-state index in [0.717, 1.165) is 0 Å². The minimum atomic E-state index is 0.639. The maximum Gasteiger partial charge on any atom is 0.230 e. The third-order valence-electron chi connectivity index (χ3n) is 2.22. The smallest absolute Gasteiger partial charge is 0.230 e. The third-order valence-corrected chi connectivity index (χ3v) is 2.22. The van der Waals surface area contributed by atoms with Crippen molar-refractivity contribution >= 4 is 0 Å². The summed E-state index contributed by atoms with van der Waals surface area (Å²) in [5, 5.41) is 11.0. The molecule has 0 aliphatic heterocycles. The molecule has 4 heteroatoms. The van der Waals surface area contributed by atoms with Crippen LogP contribution in [0.1, 0.15) is 31.0 Å². The van der Waals surface area contributed by atoms with Gasteiger partial charge in [-0.1, -0.05) is 6.42 Å². The Bertz CT molecular complexity index is 255. The van der Waals surface area contributed by atoms with E-state index in [1.165, 1.54) is 19.3 Å². The van der Waals surface area contributed by atoms with Crippen LogP contribution in [-0.2, 0) is 6.54 Å². The molecular formula is C8H13N3O. The van der Waals surface area contributed by atoms with Gasteiger partial charge in [0.1, 0.15) is 0 Å². The van der Waals surface area contributed by atoms with Crippen molar-refractivity contribution in [3.63, 3.8) is 0 Å². The average Bonchev–Trinajstić information content (AvgIpc) is 2.32. The van der Waals surface area contributed by atoms with Crippen LogP contribution in [-0.4, -0.2) is 16.2 Å². The van der Waals surface area contributed by atoms with Gasteiger partial charge < -0.3 is 9.73 Å². The Morgan fingerprint density at radius 1 is 1.50 bits per heavy atom. The van der Waals surface area contributed by atoms with E-state index in [1.54, 1.807) is 6.92 Å². The second-order valence-electron chi connectivity index (χ2n) is 3.22. The third kappa shape index (κ3) is 1.64. The van der Waals surface area contributed by atoms with Crippen LogP contribution in [0.3, 0.4) is 0 Å². The highest BCUT2D eigenvalue weighted by atomic mass is 16.4. The number of aryl methyl sites for hydroxylation is 1. The first kappa shape index (κ1) is 7.73. The molecule has 0 atom stereocenters. The molecular weight excluding hydrogens is 154 g/mol. The van der Waals surface area contributed by atoms with Crippen LogP contribution in [0.4, 0.5) is 0 Å². The first-order valence-corrected chi connectivity index (χ1v) is 4.37. The van der Waals surface area contributed by atoms with Gasteiger partial charge in [-0.05, 0) is 12.8 Å². The Labute approximate surface area is 71.4 Å². The van der Waals surface area contributed by atoms with Crippen molar-refractivity contribution in [2.75, 3.05) is 0 Å². The first-order valence-electron chi connectivity index (χ1n) is 4.37. The minimum Gasteiger partial charge on any atom is -0.424 e. The molecule has 4 nitrogen and oxygen atoms in total. The standard InChI is InChI=1S/C8H13N3O/c1-6-10-11-8(12-6)5-9-7-3-2-4-7/h7,9H,2-5H2,1H3. The monoisotopic (exact) mass is 167 g/mol. The van der Waals surface area contributed by atoms with Crippen molar-refractivity contribution in [1.82, 2.24) is 15.5 Å². The maximum atomic E-state index is 5.22. The number of nitrogens with zero attached hydrogens (tertiary/aromatic N) is 2. The number of hydrogen-bond acceptors (Lipinski definition) is 4. The SMILES string of the molecule is Cc1nnc(CNC2CCC2)o1. The Morgan fingerprint density at radius 3 is 2.83 bits per heavy atom. The Morgan fingerprint density at radius 2 is 2.33 bits per heavy atom. The molecule has 1 saturated carbocycles. The summed E-state index contributed by atoms with van der Waals surface area (Å²) >= 11 is 0. The van der Waals surface area contributed by atoms with Crippen LogP contribution >= 0.6 is 0 Å². The van der Waals surface area contributed by atoms with Crippen molar-refractivity contribution in [2.45, 2.75) is 38.8 Å². The molecule has 12 heavy (non-hydrogen) atoms. The van der Waals surface area contributed by atoms with E-state index >= 15 is 0 Å². The van der Waals surface area contributed by atoms with Crippen molar-refractivity contribution < 1.29 is 4.42 Å². The minimum absolute atomic E-state index is 0.639. The van der Waals surface area contributed by atoms with Gasteiger partial charge in [0.05, 0.1) is 6.54 Å². The van der Waals surface area contributed by atoms with Crippen LogP contribution in [0.5, 0.6) is 0 Å². The fourth-order valence-corrected chi connectivity index (χ4v) is 1.25. The molecule has 0 amide bonds. The van der Waals surface area contributed by atoms with Gasteiger partial charge in [-0.25, -0.2) is 0 Å². The van der Waals surface area contributed by atoms with E-state index in [-0.39, 0.29) is 0 Å². The van der Waals surface area contributed by atoms with Gasteiger partial charge in [0.2, 0.25) is 11.8 Å². The molecule has 66 valence electrons. The molecule has 2 rings (SSSR count). The second-order valence-corrected chi connectivity index (χ2v) is 3.22. The molecule has 1 aliphatic carbocycles. The van der Waals surface area contributed by atoms with E-state index in [4.69, 9.17) is 4.42 Å². The van der Waals surface area contributed by atoms with Gasteiger partial charge in [0.25, 0.3) is 0 Å². The number of aromatic nitrogens is 2. The zero-order valence-electron chi connectivity index (χ0n) is 7.21. The quantitative estimate of drug-likeness (QED) is 0.730. The molecule has 1 aromatic rings. The lowest BCUT2D eigenvalue weighted by molar-refractivity contribution is 0.320. The van der Waals surface area contributed by atoms with Crippen molar-refractivity contribution in [3.05, 3.63) is 11.8 Å². The van der Waals surface area contributed by atoms with E-state index in [0.29, 0.717) is 24.4 Å². The predicted octanol–water partition coefficient (Wildman–Crippen LogP) is 1.02. The zero-order valence-corrected chi connectivity index (χ0v) is 7.21. The number of nitrogens with one attached hydrogen (secondary N) is 1. The van der Waals surface area contributed by atoms with Gasteiger partial charge in [-0.15, -0.1) is 10.2 Å². The van der Waals surface area contributed by atoms with E-state index < -0.39 is 0 Å². The topological polar surface area (TPSA) is 51.0 Å². The summed E-state index contributed by atoms with van der Waals surface area (Å²) in [4.78, 5) is 0. The van der Waals surface area contributed by atoms with E-state index in [9.17, 15) is 0 Å². The summed E-state index contributed by atoms with van der Waals surface area (Å²) in [6.45, 7) is 2.52. The van der Waals surface area contributed by atoms with Crippen molar-refractivity contribution in [3.8, 4) is 0 Å². The van der Waals surface area contributed by atoms with E-state index in [1.807, 2.05) is 0 Å². The molecule has 0 aromatic carbocycles. The normalized spacial score (nSPS) is 17.8. The predicted molar refractivity (Wildman–Crippen MR) is 43.5 cm³/mol. The highest BCUT2D eigenvalue weighted by Crippen LogP contribution is 2.18. The summed E-state index contributed by atoms with van der Waals surface area (Å²) < 4.78 is 5.22. The molecule has 1 aromatic heterocycles. The first-order chi connectivity index (χ1) is 5.84. The molecule has 0 saturated heterocycles. The van der Waals surface area contributed by atoms with Gasteiger partial charge in [-0.2, -0.15) is 0 Å². The number of rotatable bonds is 3. The lowest BCUT2D eigenvalue weighted by Gasteiger charge is -2.25. The molecule has 1 heterocycles. The van der Waals surface area contributed by atoms with E-state index in [2.05, 4.69) is 15.5 Å². The Balaban J connectivity index is 1.79. The summed E-state index contributed by atoms with van der Waals surface area (Å²) in [6.07, 6.45) is 3.92. The Hall–Kier alpha value is -0.900. The van der Waals surface area contributed by atoms with Crippen LogP contribution in [0, 0.1) is 6.92 Å². The van der Waals surface area contributed by atoms with Gasteiger partial charge in [0.15, 0.2) is 0 Å². The largest absolute Gasteiger partial charge is 0.424 e. The van der Waals surface area contributed by atoms with Crippen LogP contribution in [0.2, 0.25) is 0 Å². The lowest BCUT2D eigenvalue weighted by Crippen LogP contribution is -2.34. The molecule has 0 spiro atoms. The zero-order chi connectivity index (χ0) is 8.39. The van der Waals surface area contributed by atoms with Crippen LogP contribution in [0.15, 0.2) is 4.42 Å². The average molecular weight is 167 g/mol. The summed E-state index contributed by atoms with van der Waals surface area (Å²) in [6, 6.07) is 0.678. The van der Waals surface area contributed by atoms with Crippen LogP contribution in [0.25, 0.3) is 0 Å². The summed E-state index contributed by atoms with van der Waals surface area (Å²) in [5.41, 5.74) is 0. The molecule has 0 radical (unpaired) electrons. The molecule has 1 aliphatic rings. The Kier molecular flexibility index (Phi) is 2.08. The summed E-state index contributed by atoms with van der Waals surface area (Å²) in [5.74, 6) is 1.33. The highest BCUT2D eigenvalue weighted by molar-refractivity contribution is 4.82. The molecule has 1 N–H and O–H groups in total. The summed E-state index contributed by atoms with van der Waals surface area (Å²) in [7, 11) is 0. The molecule has 1 fully saturated rings. The van der Waals surface area contributed by atoms with Crippen LogP contribution < -0.4 is 5.32 Å². The van der Waals surface area contributed by atoms with Gasteiger partial charge >= 0.3 is 0 Å². The molecule has 0 unspecified atom stereocenters. The lowest BCUT2D eigenvalue weighted by atomic mass is 9.93. The number of hydrogen-bond donors (Lipinski definition) is 1. The highest BCUT2D eigenvalue weighted by Gasteiger charge is 2.17. The second kappa shape index (κ2) is 3.23. The van der Waals surface area contributed by atoms with Gasteiger partial charge in [-0.3, -0.25) is 0 Å². The fourth-order valence-electron chi connectivity index (χ4n) is 1.25. The molecule has 0 bridgehead atoms. The fraction of sp³-hybridized carbons (Fsp3) is 0.750. The maximum absolute atomic E-state index is 5.22. The van der Waals surface area contributed by atoms with Crippen molar-refractivity contribution in [1.29, 1.82) is 0 Å².